The Kier molecular flexibility index (Phi) is 6.89. The highest BCUT2D eigenvalue weighted by Crippen LogP contribution is 2.16. The van der Waals surface area contributed by atoms with E-state index in [-0.39, 0.29) is 24.4 Å². The summed E-state index contributed by atoms with van der Waals surface area (Å²) in [5.74, 6) is 0.557. The normalized spacial score (nSPS) is 22.3. The summed E-state index contributed by atoms with van der Waals surface area (Å²) in [6.45, 7) is 6.87. The van der Waals surface area contributed by atoms with Crippen molar-refractivity contribution in [3.63, 3.8) is 0 Å². The number of hydrogen-bond donors (Lipinski definition) is 1. The third-order valence-corrected chi connectivity index (χ3v) is 2.54. The average Bonchev–Trinajstić information content (AvgIpc) is 2.61. The highest BCUT2D eigenvalue weighted by molar-refractivity contribution is 5.85. The van der Waals surface area contributed by atoms with Gasteiger partial charge in [-0.25, -0.2) is 0 Å². The molecular weight excluding hydrogens is 216 g/mol. The van der Waals surface area contributed by atoms with Crippen molar-refractivity contribution in [2.24, 2.45) is 11.7 Å². The summed E-state index contributed by atoms with van der Waals surface area (Å²) in [6, 6.07) is -0.374. The first-order valence-corrected chi connectivity index (χ1v) is 5.27. The van der Waals surface area contributed by atoms with Crippen molar-refractivity contribution in [2.45, 2.75) is 26.3 Å². The van der Waals surface area contributed by atoms with Crippen LogP contribution in [-0.2, 0) is 9.53 Å². The van der Waals surface area contributed by atoms with Crippen LogP contribution < -0.4 is 5.73 Å². The van der Waals surface area contributed by atoms with Crippen LogP contribution in [0.2, 0.25) is 0 Å². The fourth-order valence-electron chi connectivity index (χ4n) is 1.74. The molecule has 0 saturated carbocycles. The Labute approximate surface area is 97.5 Å². The van der Waals surface area contributed by atoms with E-state index in [4.69, 9.17) is 10.5 Å². The van der Waals surface area contributed by atoms with Crippen molar-refractivity contribution >= 4 is 18.3 Å². The Balaban J connectivity index is 0.00000196. The summed E-state index contributed by atoms with van der Waals surface area (Å²) in [7, 11) is 0. The van der Waals surface area contributed by atoms with Crippen LogP contribution in [-0.4, -0.2) is 43.2 Å². The van der Waals surface area contributed by atoms with Gasteiger partial charge in [0.1, 0.15) is 0 Å². The van der Waals surface area contributed by atoms with E-state index in [1.807, 2.05) is 11.8 Å². The monoisotopic (exact) mass is 236 g/mol. The summed E-state index contributed by atoms with van der Waals surface area (Å²) in [4.78, 5) is 13.4. The Bertz CT molecular complexity index is 200. The van der Waals surface area contributed by atoms with Gasteiger partial charge in [-0.05, 0) is 20.3 Å². The Hall–Kier alpha value is -0.320. The zero-order valence-corrected chi connectivity index (χ0v) is 10.3. The SMILES string of the molecule is CCOCC1CCN(C(=O)C(C)N)C1.Cl. The van der Waals surface area contributed by atoms with Gasteiger partial charge in [0, 0.05) is 25.6 Å². The van der Waals surface area contributed by atoms with Gasteiger partial charge in [0.15, 0.2) is 0 Å². The van der Waals surface area contributed by atoms with Crippen LogP contribution in [0.4, 0.5) is 0 Å². The molecule has 0 spiro atoms. The van der Waals surface area contributed by atoms with Crippen LogP contribution in [0.5, 0.6) is 0 Å². The lowest BCUT2D eigenvalue weighted by Crippen LogP contribution is -2.40. The molecule has 1 amide bonds. The second-order valence-electron chi connectivity index (χ2n) is 3.89. The number of likely N-dealkylation sites (tertiary alicyclic amines) is 1. The fourth-order valence-corrected chi connectivity index (χ4v) is 1.74. The molecule has 0 aromatic carbocycles. The second kappa shape index (κ2) is 7.04. The largest absolute Gasteiger partial charge is 0.381 e. The maximum absolute atomic E-state index is 11.5. The predicted molar refractivity (Wildman–Crippen MR) is 62.1 cm³/mol. The number of halogens is 1. The zero-order valence-electron chi connectivity index (χ0n) is 9.44. The molecule has 5 heteroatoms. The molecule has 2 unspecified atom stereocenters. The minimum Gasteiger partial charge on any atom is -0.381 e. The highest BCUT2D eigenvalue weighted by Gasteiger charge is 2.27. The summed E-state index contributed by atoms with van der Waals surface area (Å²) in [5.41, 5.74) is 5.54. The lowest BCUT2D eigenvalue weighted by atomic mass is 10.1. The first kappa shape index (κ1) is 14.7. The van der Waals surface area contributed by atoms with Gasteiger partial charge < -0.3 is 15.4 Å². The minimum absolute atomic E-state index is 0. The maximum atomic E-state index is 11.5. The predicted octanol–water partition coefficient (Wildman–Crippen LogP) is 0.640. The third kappa shape index (κ3) is 4.36. The van der Waals surface area contributed by atoms with Gasteiger partial charge in [-0.1, -0.05) is 0 Å². The lowest BCUT2D eigenvalue weighted by molar-refractivity contribution is -0.131. The molecule has 1 saturated heterocycles. The van der Waals surface area contributed by atoms with Gasteiger partial charge in [0.05, 0.1) is 12.6 Å². The van der Waals surface area contributed by atoms with Crippen LogP contribution in [0.3, 0.4) is 0 Å². The van der Waals surface area contributed by atoms with Crippen molar-refractivity contribution in [2.75, 3.05) is 26.3 Å². The Morgan fingerprint density at radius 2 is 2.33 bits per heavy atom. The molecule has 4 nitrogen and oxygen atoms in total. The van der Waals surface area contributed by atoms with E-state index in [1.54, 1.807) is 6.92 Å². The van der Waals surface area contributed by atoms with Crippen LogP contribution >= 0.6 is 12.4 Å². The van der Waals surface area contributed by atoms with E-state index in [0.717, 1.165) is 32.7 Å². The fraction of sp³-hybridized carbons (Fsp3) is 0.900. The molecule has 1 aliphatic rings. The summed E-state index contributed by atoms with van der Waals surface area (Å²) >= 11 is 0. The minimum atomic E-state index is -0.374. The number of hydrogen-bond acceptors (Lipinski definition) is 3. The van der Waals surface area contributed by atoms with E-state index < -0.39 is 0 Å². The van der Waals surface area contributed by atoms with Crippen molar-refractivity contribution < 1.29 is 9.53 Å². The van der Waals surface area contributed by atoms with Gasteiger partial charge in [-0.2, -0.15) is 0 Å². The maximum Gasteiger partial charge on any atom is 0.239 e. The Morgan fingerprint density at radius 1 is 1.67 bits per heavy atom. The van der Waals surface area contributed by atoms with E-state index in [9.17, 15) is 4.79 Å². The second-order valence-corrected chi connectivity index (χ2v) is 3.89. The van der Waals surface area contributed by atoms with Gasteiger partial charge in [-0.15, -0.1) is 12.4 Å². The molecule has 1 rings (SSSR count). The summed E-state index contributed by atoms with van der Waals surface area (Å²) in [5, 5.41) is 0. The van der Waals surface area contributed by atoms with Crippen molar-refractivity contribution in [1.29, 1.82) is 0 Å². The number of carbonyl (C=O) groups is 1. The average molecular weight is 237 g/mol. The molecule has 15 heavy (non-hydrogen) atoms. The van der Waals surface area contributed by atoms with Gasteiger partial charge in [-0.3, -0.25) is 4.79 Å². The molecule has 0 aromatic rings. The standard InChI is InChI=1S/C10H20N2O2.ClH/c1-3-14-7-9-4-5-12(6-9)10(13)8(2)11;/h8-9H,3-7,11H2,1-2H3;1H. The number of rotatable bonds is 4. The lowest BCUT2D eigenvalue weighted by Gasteiger charge is -2.18. The molecule has 0 radical (unpaired) electrons. The number of carbonyl (C=O) groups excluding carboxylic acids is 1. The molecule has 0 aromatic heterocycles. The van der Waals surface area contributed by atoms with E-state index in [2.05, 4.69) is 0 Å². The first-order chi connectivity index (χ1) is 6.65. The smallest absolute Gasteiger partial charge is 0.239 e. The number of nitrogens with two attached hydrogens (primary N) is 1. The van der Waals surface area contributed by atoms with E-state index >= 15 is 0 Å². The summed E-state index contributed by atoms with van der Waals surface area (Å²) in [6.07, 6.45) is 1.04. The number of amides is 1. The van der Waals surface area contributed by atoms with Crippen LogP contribution in [0, 0.1) is 5.92 Å². The van der Waals surface area contributed by atoms with Gasteiger partial charge in [0.2, 0.25) is 5.91 Å². The highest BCUT2D eigenvalue weighted by atomic mass is 35.5. The topological polar surface area (TPSA) is 55.6 Å². The molecule has 2 N–H and O–H groups in total. The third-order valence-electron chi connectivity index (χ3n) is 2.54. The number of ether oxygens (including phenoxy) is 1. The molecule has 1 fully saturated rings. The Morgan fingerprint density at radius 3 is 2.87 bits per heavy atom. The molecular formula is C10H21ClN2O2. The van der Waals surface area contributed by atoms with Crippen molar-refractivity contribution in [1.82, 2.24) is 4.90 Å². The van der Waals surface area contributed by atoms with Crippen molar-refractivity contribution in [3.05, 3.63) is 0 Å². The van der Waals surface area contributed by atoms with Crippen molar-refractivity contribution in [3.8, 4) is 0 Å². The van der Waals surface area contributed by atoms with Gasteiger partial charge >= 0.3 is 0 Å². The molecule has 0 aliphatic carbocycles. The van der Waals surface area contributed by atoms with E-state index in [1.165, 1.54) is 0 Å². The van der Waals surface area contributed by atoms with Crippen LogP contribution in [0.15, 0.2) is 0 Å². The van der Waals surface area contributed by atoms with Crippen LogP contribution in [0.25, 0.3) is 0 Å². The molecule has 1 heterocycles. The first-order valence-electron chi connectivity index (χ1n) is 5.27. The summed E-state index contributed by atoms with van der Waals surface area (Å²) < 4.78 is 5.34. The molecule has 90 valence electrons. The molecule has 0 bridgehead atoms. The molecule has 2 atom stereocenters. The quantitative estimate of drug-likeness (QED) is 0.780. The van der Waals surface area contributed by atoms with E-state index in [0.29, 0.717) is 5.92 Å². The molecule has 1 aliphatic heterocycles. The van der Waals surface area contributed by atoms with Gasteiger partial charge in [0.25, 0.3) is 0 Å². The van der Waals surface area contributed by atoms with Crippen LogP contribution in [0.1, 0.15) is 20.3 Å². The number of nitrogens with zero attached hydrogens (tertiary/aromatic N) is 1. The zero-order chi connectivity index (χ0) is 10.6.